The largest absolute Gasteiger partial charge is 0.475 e. The van der Waals surface area contributed by atoms with Gasteiger partial charge in [0.15, 0.2) is 0 Å². The van der Waals surface area contributed by atoms with Crippen molar-refractivity contribution in [1.82, 2.24) is 10.6 Å². The number of carboxylic acids is 1. The first kappa shape index (κ1) is 11.3. The Morgan fingerprint density at radius 3 is 2.89 bits per heavy atom. The summed E-state index contributed by atoms with van der Waals surface area (Å²) >= 11 is 0. The molecule has 2 aromatic rings. The number of fused-ring (bicyclic) bond motifs is 1. The van der Waals surface area contributed by atoms with E-state index in [0.717, 1.165) is 24.0 Å². The molecule has 2 heterocycles. The predicted molar refractivity (Wildman–Crippen MR) is 66.8 cm³/mol. The summed E-state index contributed by atoms with van der Waals surface area (Å²) in [6.45, 7) is 2.43. The second-order valence-electron chi connectivity index (χ2n) is 4.36. The lowest BCUT2D eigenvalue weighted by Crippen LogP contribution is -2.43. The second kappa shape index (κ2) is 4.44. The highest BCUT2D eigenvalue weighted by Crippen LogP contribution is 2.31. The molecule has 1 aromatic heterocycles. The van der Waals surface area contributed by atoms with Crippen LogP contribution in [0, 0.1) is 0 Å². The number of rotatable bonds is 2. The van der Waals surface area contributed by atoms with Gasteiger partial charge in [0.05, 0.1) is 0 Å². The molecule has 0 radical (unpaired) electrons. The lowest BCUT2D eigenvalue weighted by Gasteiger charge is -2.24. The minimum Gasteiger partial charge on any atom is -0.475 e. The van der Waals surface area contributed by atoms with E-state index in [1.54, 1.807) is 6.07 Å². The van der Waals surface area contributed by atoms with Crippen LogP contribution in [0.25, 0.3) is 11.0 Å². The summed E-state index contributed by atoms with van der Waals surface area (Å²) in [4.78, 5) is 11.3. The molecule has 1 aromatic carbocycles. The monoisotopic (exact) mass is 246 g/mol. The smallest absolute Gasteiger partial charge is 0.372 e. The summed E-state index contributed by atoms with van der Waals surface area (Å²) in [5.74, 6) is -0.981. The maximum absolute atomic E-state index is 11.3. The lowest BCUT2D eigenvalue weighted by atomic mass is 10.0. The summed E-state index contributed by atoms with van der Waals surface area (Å²) in [6, 6.07) is 7.41. The van der Waals surface area contributed by atoms with Crippen molar-refractivity contribution in [1.29, 1.82) is 0 Å². The molecule has 1 saturated heterocycles. The molecule has 1 atom stereocenters. The van der Waals surface area contributed by atoms with Gasteiger partial charge >= 0.3 is 5.97 Å². The molecule has 5 nitrogen and oxygen atoms in total. The normalized spacial score (nSPS) is 20.1. The van der Waals surface area contributed by atoms with Crippen LogP contribution in [0.2, 0.25) is 0 Å². The molecule has 0 saturated carbocycles. The topological polar surface area (TPSA) is 74.5 Å². The van der Waals surface area contributed by atoms with E-state index in [1.807, 2.05) is 18.2 Å². The highest BCUT2D eigenvalue weighted by molar-refractivity contribution is 5.95. The second-order valence-corrected chi connectivity index (χ2v) is 4.36. The fourth-order valence-corrected chi connectivity index (χ4v) is 2.43. The molecule has 1 aliphatic heterocycles. The molecule has 3 rings (SSSR count). The standard InChI is InChI=1S/C13H14N2O3/c16-13(17)12-11(9-7-14-5-6-15-9)8-3-1-2-4-10(8)18-12/h1-4,9,14-15H,5-7H2,(H,16,17). The van der Waals surface area contributed by atoms with Crippen molar-refractivity contribution in [3.05, 3.63) is 35.6 Å². The van der Waals surface area contributed by atoms with Gasteiger partial charge in [-0.05, 0) is 6.07 Å². The summed E-state index contributed by atoms with van der Waals surface area (Å²) < 4.78 is 5.45. The predicted octanol–water partition coefficient (Wildman–Crippen LogP) is 1.36. The van der Waals surface area contributed by atoms with Gasteiger partial charge in [0.25, 0.3) is 0 Å². The van der Waals surface area contributed by atoms with Crippen molar-refractivity contribution in [3.63, 3.8) is 0 Å². The number of carbonyl (C=O) groups is 1. The molecular weight excluding hydrogens is 232 g/mol. The van der Waals surface area contributed by atoms with Crippen LogP contribution >= 0.6 is 0 Å². The quantitative estimate of drug-likeness (QED) is 0.746. The Labute approximate surface area is 104 Å². The van der Waals surface area contributed by atoms with Gasteiger partial charge in [-0.2, -0.15) is 0 Å². The molecule has 1 fully saturated rings. The average molecular weight is 246 g/mol. The Kier molecular flexibility index (Phi) is 2.77. The number of hydrogen-bond donors (Lipinski definition) is 3. The fourth-order valence-electron chi connectivity index (χ4n) is 2.43. The third-order valence-corrected chi connectivity index (χ3v) is 3.22. The number of piperazine rings is 1. The maximum Gasteiger partial charge on any atom is 0.372 e. The number of para-hydroxylation sites is 1. The fraction of sp³-hybridized carbons (Fsp3) is 0.308. The molecule has 3 N–H and O–H groups in total. The summed E-state index contributed by atoms with van der Waals surface area (Å²) in [7, 11) is 0. The SMILES string of the molecule is O=C(O)c1oc2ccccc2c1C1CNCCN1. The van der Waals surface area contributed by atoms with Gasteiger partial charge in [0, 0.05) is 36.6 Å². The van der Waals surface area contributed by atoms with Gasteiger partial charge in [0.1, 0.15) is 5.58 Å². The Morgan fingerprint density at radius 2 is 2.17 bits per heavy atom. The summed E-state index contributed by atoms with van der Waals surface area (Å²) in [5, 5.41) is 16.7. The van der Waals surface area contributed by atoms with E-state index in [-0.39, 0.29) is 11.8 Å². The Morgan fingerprint density at radius 1 is 1.33 bits per heavy atom. The molecule has 1 unspecified atom stereocenters. The molecule has 0 spiro atoms. The van der Waals surface area contributed by atoms with Crippen molar-refractivity contribution in [2.24, 2.45) is 0 Å². The molecule has 0 aliphatic carbocycles. The van der Waals surface area contributed by atoms with Crippen molar-refractivity contribution < 1.29 is 14.3 Å². The zero-order valence-corrected chi connectivity index (χ0v) is 9.77. The van der Waals surface area contributed by atoms with Crippen molar-refractivity contribution in [3.8, 4) is 0 Å². The molecular formula is C13H14N2O3. The first-order chi connectivity index (χ1) is 8.77. The highest BCUT2D eigenvalue weighted by atomic mass is 16.4. The van der Waals surface area contributed by atoms with Crippen molar-refractivity contribution in [2.45, 2.75) is 6.04 Å². The third kappa shape index (κ3) is 1.77. The number of carboxylic acid groups (broad SMARTS) is 1. The number of furan rings is 1. The van der Waals surface area contributed by atoms with Gasteiger partial charge in [-0.1, -0.05) is 18.2 Å². The Bertz CT molecular complexity index is 585. The maximum atomic E-state index is 11.3. The molecule has 18 heavy (non-hydrogen) atoms. The number of aromatic carboxylic acids is 1. The zero-order valence-electron chi connectivity index (χ0n) is 9.77. The minimum absolute atomic E-state index is 0.0199. The first-order valence-corrected chi connectivity index (χ1v) is 5.96. The van der Waals surface area contributed by atoms with Crippen LogP contribution in [0.15, 0.2) is 28.7 Å². The van der Waals surface area contributed by atoms with E-state index in [1.165, 1.54) is 0 Å². The number of hydrogen-bond acceptors (Lipinski definition) is 4. The number of nitrogens with one attached hydrogen (secondary N) is 2. The van der Waals surface area contributed by atoms with Crippen LogP contribution in [0.1, 0.15) is 22.2 Å². The van der Waals surface area contributed by atoms with E-state index in [2.05, 4.69) is 10.6 Å². The molecule has 1 aliphatic rings. The van der Waals surface area contributed by atoms with Crippen LogP contribution in [0.3, 0.4) is 0 Å². The van der Waals surface area contributed by atoms with Gasteiger partial charge in [-0.3, -0.25) is 0 Å². The Balaban J connectivity index is 2.17. The van der Waals surface area contributed by atoms with Gasteiger partial charge in [-0.15, -0.1) is 0 Å². The van der Waals surface area contributed by atoms with Gasteiger partial charge < -0.3 is 20.2 Å². The van der Waals surface area contributed by atoms with E-state index < -0.39 is 5.97 Å². The Hall–Kier alpha value is -1.85. The molecule has 0 bridgehead atoms. The third-order valence-electron chi connectivity index (χ3n) is 3.22. The van der Waals surface area contributed by atoms with Crippen LogP contribution in [-0.4, -0.2) is 30.7 Å². The molecule has 94 valence electrons. The van der Waals surface area contributed by atoms with Crippen LogP contribution in [-0.2, 0) is 0 Å². The number of benzene rings is 1. The van der Waals surface area contributed by atoms with Gasteiger partial charge in [0.2, 0.25) is 5.76 Å². The zero-order chi connectivity index (χ0) is 12.5. The van der Waals surface area contributed by atoms with Crippen LogP contribution < -0.4 is 10.6 Å². The van der Waals surface area contributed by atoms with E-state index in [4.69, 9.17) is 4.42 Å². The average Bonchev–Trinajstić information content (AvgIpc) is 2.79. The van der Waals surface area contributed by atoms with Crippen LogP contribution in [0.4, 0.5) is 0 Å². The minimum atomic E-state index is -1.02. The van der Waals surface area contributed by atoms with Crippen LogP contribution in [0.5, 0.6) is 0 Å². The lowest BCUT2D eigenvalue weighted by molar-refractivity contribution is 0.0662. The highest BCUT2D eigenvalue weighted by Gasteiger charge is 2.27. The molecule has 5 heteroatoms. The van der Waals surface area contributed by atoms with E-state index >= 15 is 0 Å². The first-order valence-electron chi connectivity index (χ1n) is 5.96. The van der Waals surface area contributed by atoms with E-state index in [9.17, 15) is 9.90 Å². The summed E-state index contributed by atoms with van der Waals surface area (Å²) in [5.41, 5.74) is 1.36. The molecule has 0 amide bonds. The summed E-state index contributed by atoms with van der Waals surface area (Å²) in [6.07, 6.45) is 0. The van der Waals surface area contributed by atoms with E-state index in [0.29, 0.717) is 12.1 Å². The van der Waals surface area contributed by atoms with Crippen molar-refractivity contribution in [2.75, 3.05) is 19.6 Å². The van der Waals surface area contributed by atoms with Crippen molar-refractivity contribution >= 4 is 16.9 Å². The van der Waals surface area contributed by atoms with Gasteiger partial charge in [-0.25, -0.2) is 4.79 Å².